The fourth-order valence-corrected chi connectivity index (χ4v) is 3.41. The number of hydrogen-bond donors (Lipinski definition) is 1. The predicted octanol–water partition coefficient (Wildman–Crippen LogP) is 3.20. The molecule has 0 spiro atoms. The van der Waals surface area contributed by atoms with Crippen molar-refractivity contribution >= 4 is 28.8 Å². The summed E-state index contributed by atoms with van der Waals surface area (Å²) < 4.78 is 0. The van der Waals surface area contributed by atoms with E-state index < -0.39 is 9.85 Å². The third-order valence-electron chi connectivity index (χ3n) is 3.49. The Morgan fingerprint density at radius 1 is 1.25 bits per heavy atom. The number of anilines is 1. The first-order valence-electron chi connectivity index (χ1n) is 6.25. The summed E-state index contributed by atoms with van der Waals surface area (Å²) in [6.07, 6.45) is 5.15. The molecule has 1 aromatic carbocycles. The van der Waals surface area contributed by atoms with Crippen molar-refractivity contribution < 1.29 is 9.85 Å². The van der Waals surface area contributed by atoms with Crippen LogP contribution >= 0.6 is 11.8 Å². The van der Waals surface area contributed by atoms with Crippen LogP contribution in [0.4, 0.5) is 17.1 Å². The quantitative estimate of drug-likeness (QED) is 0.662. The molecule has 1 aliphatic rings. The molecular formula is C12H15N3O4S. The highest BCUT2D eigenvalue weighted by Gasteiger charge is 2.29. The Kier molecular flexibility index (Phi) is 4.43. The molecule has 2 atom stereocenters. The van der Waals surface area contributed by atoms with Crippen LogP contribution in [0.15, 0.2) is 18.2 Å². The van der Waals surface area contributed by atoms with Crippen LogP contribution in [0, 0.1) is 20.2 Å². The molecule has 0 radical (unpaired) electrons. The number of hydrogen-bond acceptors (Lipinski definition) is 6. The van der Waals surface area contributed by atoms with Crippen molar-refractivity contribution in [3.63, 3.8) is 0 Å². The first-order chi connectivity index (χ1) is 9.52. The Labute approximate surface area is 120 Å². The minimum Gasteiger partial charge on any atom is -0.376 e. The van der Waals surface area contributed by atoms with E-state index in [0.29, 0.717) is 10.9 Å². The van der Waals surface area contributed by atoms with Crippen LogP contribution in [-0.4, -0.2) is 27.4 Å². The van der Waals surface area contributed by atoms with Gasteiger partial charge in [-0.2, -0.15) is 11.8 Å². The molecule has 8 heteroatoms. The molecule has 2 rings (SSSR count). The summed E-state index contributed by atoms with van der Waals surface area (Å²) in [6, 6.07) is 3.89. The molecular weight excluding hydrogens is 282 g/mol. The van der Waals surface area contributed by atoms with Gasteiger partial charge in [-0.25, -0.2) is 0 Å². The SMILES string of the molecule is CSC1CCCC1Nc1ccc([N+](=O)[O-])cc1[N+](=O)[O-]. The van der Waals surface area contributed by atoms with E-state index in [4.69, 9.17) is 0 Å². The summed E-state index contributed by atoms with van der Waals surface area (Å²) in [5.74, 6) is 0. The fraction of sp³-hybridized carbons (Fsp3) is 0.500. The molecule has 1 aromatic rings. The standard InChI is InChI=1S/C12H15N3O4S/c1-20-12-4-2-3-10(12)13-9-6-5-8(14(16)17)7-11(9)15(18)19/h5-7,10,12-13H,2-4H2,1H3. The van der Waals surface area contributed by atoms with Crippen molar-refractivity contribution in [1.82, 2.24) is 0 Å². The highest BCUT2D eigenvalue weighted by atomic mass is 32.2. The summed E-state index contributed by atoms with van der Waals surface area (Å²) >= 11 is 1.74. The number of benzene rings is 1. The number of nitrogens with zero attached hydrogens (tertiary/aromatic N) is 2. The average molecular weight is 297 g/mol. The second kappa shape index (κ2) is 6.08. The van der Waals surface area contributed by atoms with Gasteiger partial charge in [0.1, 0.15) is 5.69 Å². The van der Waals surface area contributed by atoms with Crippen molar-refractivity contribution in [2.45, 2.75) is 30.6 Å². The number of rotatable bonds is 5. The van der Waals surface area contributed by atoms with Gasteiger partial charge in [-0.1, -0.05) is 6.42 Å². The smallest absolute Gasteiger partial charge is 0.299 e. The molecule has 1 aliphatic carbocycles. The zero-order valence-corrected chi connectivity index (χ0v) is 11.8. The highest BCUT2D eigenvalue weighted by molar-refractivity contribution is 7.99. The molecule has 0 aliphatic heterocycles. The molecule has 0 amide bonds. The Morgan fingerprint density at radius 2 is 2.00 bits per heavy atom. The second-order valence-corrected chi connectivity index (χ2v) is 5.75. The molecule has 0 heterocycles. The van der Waals surface area contributed by atoms with Gasteiger partial charge in [-0.3, -0.25) is 20.2 Å². The highest BCUT2D eigenvalue weighted by Crippen LogP contribution is 2.35. The van der Waals surface area contributed by atoms with Crippen LogP contribution < -0.4 is 5.32 Å². The third kappa shape index (κ3) is 3.01. The fourth-order valence-electron chi connectivity index (χ4n) is 2.48. The van der Waals surface area contributed by atoms with Crippen molar-refractivity contribution in [1.29, 1.82) is 0 Å². The van der Waals surface area contributed by atoms with Crippen LogP contribution in [0.1, 0.15) is 19.3 Å². The molecule has 0 saturated heterocycles. The van der Waals surface area contributed by atoms with Crippen molar-refractivity contribution in [2.24, 2.45) is 0 Å². The minimum absolute atomic E-state index is 0.171. The van der Waals surface area contributed by atoms with E-state index in [2.05, 4.69) is 5.32 Å². The molecule has 0 bridgehead atoms. The topological polar surface area (TPSA) is 98.3 Å². The van der Waals surface area contributed by atoms with Crippen LogP contribution in [-0.2, 0) is 0 Å². The van der Waals surface area contributed by atoms with E-state index in [1.807, 2.05) is 6.26 Å². The molecule has 20 heavy (non-hydrogen) atoms. The zero-order chi connectivity index (χ0) is 14.7. The molecule has 2 unspecified atom stereocenters. The van der Waals surface area contributed by atoms with Gasteiger partial charge in [-0.05, 0) is 25.2 Å². The predicted molar refractivity (Wildman–Crippen MR) is 78.3 cm³/mol. The van der Waals surface area contributed by atoms with E-state index >= 15 is 0 Å². The van der Waals surface area contributed by atoms with Crippen LogP contribution in [0.25, 0.3) is 0 Å². The number of nitro groups is 2. The monoisotopic (exact) mass is 297 g/mol. The van der Waals surface area contributed by atoms with Gasteiger partial charge in [0.25, 0.3) is 11.4 Å². The summed E-state index contributed by atoms with van der Waals surface area (Å²) in [6.45, 7) is 0. The number of non-ortho nitro benzene ring substituents is 1. The first-order valence-corrected chi connectivity index (χ1v) is 7.54. The summed E-state index contributed by atoms with van der Waals surface area (Å²) in [4.78, 5) is 20.5. The molecule has 108 valence electrons. The lowest BCUT2D eigenvalue weighted by molar-refractivity contribution is -0.393. The maximum Gasteiger partial charge on any atom is 0.299 e. The van der Waals surface area contributed by atoms with Crippen molar-refractivity contribution in [3.05, 3.63) is 38.4 Å². The van der Waals surface area contributed by atoms with E-state index in [0.717, 1.165) is 25.3 Å². The molecule has 7 nitrogen and oxygen atoms in total. The van der Waals surface area contributed by atoms with Crippen molar-refractivity contribution in [3.8, 4) is 0 Å². The largest absolute Gasteiger partial charge is 0.376 e. The Balaban J connectivity index is 2.27. The van der Waals surface area contributed by atoms with Crippen LogP contribution in [0.5, 0.6) is 0 Å². The van der Waals surface area contributed by atoms with E-state index in [-0.39, 0.29) is 17.4 Å². The summed E-state index contributed by atoms with van der Waals surface area (Å²) in [7, 11) is 0. The lowest BCUT2D eigenvalue weighted by atomic mass is 10.2. The van der Waals surface area contributed by atoms with Crippen LogP contribution in [0.2, 0.25) is 0 Å². The Hall–Kier alpha value is -1.83. The van der Waals surface area contributed by atoms with Gasteiger partial charge < -0.3 is 5.32 Å². The van der Waals surface area contributed by atoms with Gasteiger partial charge in [0.15, 0.2) is 0 Å². The normalized spacial score (nSPS) is 21.6. The maximum atomic E-state index is 11.1. The lowest BCUT2D eigenvalue weighted by Gasteiger charge is -2.20. The van der Waals surface area contributed by atoms with Gasteiger partial charge in [0, 0.05) is 17.4 Å². The van der Waals surface area contributed by atoms with Gasteiger partial charge >= 0.3 is 0 Å². The van der Waals surface area contributed by atoms with Crippen LogP contribution in [0.3, 0.4) is 0 Å². The Morgan fingerprint density at radius 3 is 2.60 bits per heavy atom. The van der Waals surface area contributed by atoms with E-state index in [9.17, 15) is 20.2 Å². The Bertz CT molecular complexity index is 537. The third-order valence-corrected chi connectivity index (χ3v) is 4.65. The number of nitro benzene ring substituents is 2. The van der Waals surface area contributed by atoms with Crippen molar-refractivity contribution in [2.75, 3.05) is 11.6 Å². The molecule has 0 aromatic heterocycles. The summed E-state index contributed by atoms with van der Waals surface area (Å²) in [5, 5.41) is 25.3. The molecule has 1 saturated carbocycles. The van der Waals surface area contributed by atoms with E-state index in [1.165, 1.54) is 12.1 Å². The van der Waals surface area contributed by atoms with Gasteiger partial charge in [-0.15, -0.1) is 0 Å². The number of thioether (sulfide) groups is 1. The minimum atomic E-state index is -0.628. The van der Waals surface area contributed by atoms with E-state index in [1.54, 1.807) is 11.8 Å². The summed E-state index contributed by atoms with van der Waals surface area (Å²) in [5.41, 5.74) is -0.160. The number of nitrogens with one attached hydrogen (secondary N) is 1. The molecule has 1 fully saturated rings. The van der Waals surface area contributed by atoms with Gasteiger partial charge in [0.05, 0.1) is 15.9 Å². The first kappa shape index (κ1) is 14.6. The lowest BCUT2D eigenvalue weighted by Crippen LogP contribution is -2.26. The maximum absolute atomic E-state index is 11.1. The second-order valence-electron chi connectivity index (χ2n) is 4.67. The average Bonchev–Trinajstić information content (AvgIpc) is 2.85. The zero-order valence-electron chi connectivity index (χ0n) is 10.9. The molecule has 1 N–H and O–H groups in total. The van der Waals surface area contributed by atoms with Gasteiger partial charge in [0.2, 0.25) is 0 Å².